The Hall–Kier alpha value is -2.64. The largest absolute Gasteiger partial charge is 0.493 e. The van der Waals surface area contributed by atoms with E-state index in [1.54, 1.807) is 18.1 Å². The molecule has 7 rings (SSSR count). The molecule has 4 aliphatic carbocycles. The molecular weight excluding hydrogens is 490 g/mol. The Labute approximate surface area is 221 Å². The molecule has 5 aliphatic rings. The maximum atomic E-state index is 13.4. The molecule has 4 bridgehead atoms. The van der Waals surface area contributed by atoms with E-state index >= 15 is 0 Å². The summed E-state index contributed by atoms with van der Waals surface area (Å²) in [7, 11) is 1.57. The van der Waals surface area contributed by atoms with Crippen LogP contribution in [0.2, 0.25) is 0 Å². The van der Waals surface area contributed by atoms with E-state index in [2.05, 4.69) is 0 Å². The van der Waals surface area contributed by atoms with Gasteiger partial charge in [0, 0.05) is 0 Å². The summed E-state index contributed by atoms with van der Waals surface area (Å²) in [5, 5.41) is 0. The Morgan fingerprint density at radius 2 is 1.75 bits per heavy atom. The van der Waals surface area contributed by atoms with Gasteiger partial charge in [0.25, 0.3) is 5.91 Å². The number of thioether (sulfide) groups is 1. The molecule has 0 spiro atoms. The number of aryl methyl sites for hydroxylation is 1. The Bertz CT molecular complexity index is 1260. The van der Waals surface area contributed by atoms with Gasteiger partial charge in [0.2, 0.25) is 0 Å². The fourth-order valence-electron chi connectivity index (χ4n) is 7.04. The second kappa shape index (κ2) is 9.03. The first-order valence-electron chi connectivity index (χ1n) is 12.6. The van der Waals surface area contributed by atoms with Gasteiger partial charge in [-0.2, -0.15) is 0 Å². The van der Waals surface area contributed by atoms with E-state index in [9.17, 15) is 9.59 Å². The van der Waals surface area contributed by atoms with Gasteiger partial charge >= 0.3 is 5.97 Å². The van der Waals surface area contributed by atoms with Crippen LogP contribution in [0.3, 0.4) is 0 Å². The lowest BCUT2D eigenvalue weighted by Crippen LogP contribution is -2.51. The zero-order valence-corrected chi connectivity index (χ0v) is 22.1. The number of amides is 1. The van der Waals surface area contributed by atoms with Crippen molar-refractivity contribution in [1.29, 1.82) is 0 Å². The molecule has 2 aromatic carbocycles. The average molecular weight is 520 g/mol. The van der Waals surface area contributed by atoms with Gasteiger partial charge in [-0.3, -0.25) is 14.5 Å². The topological polar surface area (TPSA) is 55.8 Å². The predicted octanol–water partition coefficient (Wildman–Crippen LogP) is 6.53. The van der Waals surface area contributed by atoms with E-state index < -0.39 is 0 Å². The Morgan fingerprint density at radius 1 is 1.06 bits per heavy atom. The lowest BCUT2D eigenvalue weighted by molar-refractivity contribution is -0.161. The van der Waals surface area contributed by atoms with E-state index in [1.807, 2.05) is 49.4 Å². The highest BCUT2D eigenvalue weighted by atomic mass is 32.2. The number of thiocarbonyl (C=S) groups is 1. The van der Waals surface area contributed by atoms with Gasteiger partial charge in [-0.25, -0.2) is 0 Å². The number of carbonyl (C=O) groups excluding carboxylic acids is 2. The van der Waals surface area contributed by atoms with Gasteiger partial charge in [-0.05, 0) is 105 Å². The first kappa shape index (κ1) is 23.7. The summed E-state index contributed by atoms with van der Waals surface area (Å²) in [5.74, 6) is 2.68. The van der Waals surface area contributed by atoms with E-state index in [0.717, 1.165) is 36.1 Å². The molecule has 1 amide bonds. The molecule has 7 heteroatoms. The molecule has 1 aliphatic heterocycles. The number of hydrogen-bond donors (Lipinski definition) is 0. The lowest BCUT2D eigenvalue weighted by Gasteiger charge is -2.55. The maximum Gasteiger partial charge on any atom is 0.317 e. The van der Waals surface area contributed by atoms with Crippen molar-refractivity contribution in [3.63, 3.8) is 0 Å². The molecule has 0 atom stereocenters. The highest BCUT2D eigenvalue weighted by molar-refractivity contribution is 8.27. The summed E-state index contributed by atoms with van der Waals surface area (Å²) in [6, 6.07) is 13.2. The van der Waals surface area contributed by atoms with E-state index in [4.69, 9.17) is 21.7 Å². The van der Waals surface area contributed by atoms with Crippen LogP contribution in [0.4, 0.5) is 5.69 Å². The fourth-order valence-corrected chi connectivity index (χ4v) is 8.33. The summed E-state index contributed by atoms with van der Waals surface area (Å²) in [6.07, 6.45) is 8.52. The monoisotopic (exact) mass is 519 g/mol. The molecule has 2 aromatic rings. The first-order valence-corrected chi connectivity index (χ1v) is 13.8. The van der Waals surface area contributed by atoms with Crippen molar-refractivity contribution in [3.05, 3.63) is 58.5 Å². The molecule has 1 saturated heterocycles. The average Bonchev–Trinajstić information content (AvgIpc) is 3.11. The van der Waals surface area contributed by atoms with Crippen molar-refractivity contribution in [3.8, 4) is 11.5 Å². The smallest absolute Gasteiger partial charge is 0.317 e. The van der Waals surface area contributed by atoms with Crippen LogP contribution in [0.1, 0.15) is 49.7 Å². The van der Waals surface area contributed by atoms with Crippen LogP contribution in [0.15, 0.2) is 47.4 Å². The number of methoxy groups -OCH3 is 1. The molecular formula is C29H29NO4S2. The van der Waals surface area contributed by atoms with Crippen LogP contribution in [-0.2, 0) is 9.59 Å². The van der Waals surface area contributed by atoms with Crippen molar-refractivity contribution >= 4 is 51.9 Å². The van der Waals surface area contributed by atoms with Crippen molar-refractivity contribution in [2.45, 2.75) is 45.4 Å². The molecule has 4 saturated carbocycles. The molecule has 0 radical (unpaired) electrons. The minimum absolute atomic E-state index is 0.105. The summed E-state index contributed by atoms with van der Waals surface area (Å²) >= 11 is 6.79. The van der Waals surface area contributed by atoms with Crippen molar-refractivity contribution in [2.24, 2.45) is 23.2 Å². The van der Waals surface area contributed by atoms with Crippen molar-refractivity contribution in [1.82, 2.24) is 0 Å². The quantitative estimate of drug-likeness (QED) is 0.194. The second-order valence-corrected chi connectivity index (χ2v) is 12.5. The van der Waals surface area contributed by atoms with Crippen LogP contribution in [0.25, 0.3) is 6.08 Å². The molecule has 0 N–H and O–H groups in total. The number of nitrogens with zero attached hydrogens (tertiary/aromatic N) is 1. The van der Waals surface area contributed by atoms with Gasteiger partial charge in [0.15, 0.2) is 15.8 Å². The minimum atomic E-state index is -0.331. The zero-order chi connectivity index (χ0) is 25.0. The first-order chi connectivity index (χ1) is 17.3. The number of rotatable bonds is 5. The van der Waals surface area contributed by atoms with Crippen LogP contribution < -0.4 is 14.4 Å². The second-order valence-electron chi connectivity index (χ2n) is 10.9. The van der Waals surface area contributed by atoms with Gasteiger partial charge < -0.3 is 9.47 Å². The van der Waals surface area contributed by atoms with Gasteiger partial charge in [-0.1, -0.05) is 42.2 Å². The molecule has 36 heavy (non-hydrogen) atoms. The number of carbonyl (C=O) groups is 2. The highest BCUT2D eigenvalue weighted by Crippen LogP contribution is 2.60. The SMILES string of the molecule is COc1cc(/C=C2/SC(=S)N(c3cccc(C)c3)C2=O)ccc1OC(=O)C12CC3CC(CC(C3)C1)C2. The highest BCUT2D eigenvalue weighted by Gasteiger charge is 2.55. The van der Waals surface area contributed by atoms with Crippen LogP contribution in [-0.4, -0.2) is 23.3 Å². The van der Waals surface area contributed by atoms with E-state index in [1.165, 1.54) is 31.0 Å². The summed E-state index contributed by atoms with van der Waals surface area (Å²) in [4.78, 5) is 28.7. The molecule has 5 nitrogen and oxygen atoms in total. The molecule has 1 heterocycles. The summed E-state index contributed by atoms with van der Waals surface area (Å²) in [5.41, 5.74) is 2.29. The van der Waals surface area contributed by atoms with Crippen LogP contribution in [0.5, 0.6) is 11.5 Å². The van der Waals surface area contributed by atoms with Gasteiger partial charge in [0.1, 0.15) is 0 Å². The molecule has 5 fully saturated rings. The number of anilines is 1. The summed E-state index contributed by atoms with van der Waals surface area (Å²) in [6.45, 7) is 1.99. The third kappa shape index (κ3) is 4.16. The number of ether oxygens (including phenoxy) is 2. The Balaban J connectivity index is 1.21. The van der Waals surface area contributed by atoms with E-state index in [-0.39, 0.29) is 17.3 Å². The summed E-state index contributed by atoms with van der Waals surface area (Å²) < 4.78 is 12.1. The maximum absolute atomic E-state index is 13.4. The molecule has 0 aromatic heterocycles. The van der Waals surface area contributed by atoms with Gasteiger partial charge in [0.05, 0.1) is 23.1 Å². The predicted molar refractivity (Wildman–Crippen MR) is 146 cm³/mol. The molecule has 0 unspecified atom stereocenters. The van der Waals surface area contributed by atoms with Crippen molar-refractivity contribution < 1.29 is 19.1 Å². The number of benzene rings is 2. The number of esters is 1. The van der Waals surface area contributed by atoms with Crippen LogP contribution in [0, 0.1) is 30.1 Å². The zero-order valence-electron chi connectivity index (χ0n) is 20.5. The minimum Gasteiger partial charge on any atom is -0.493 e. The Morgan fingerprint density at radius 3 is 2.39 bits per heavy atom. The fraction of sp³-hybridized carbons (Fsp3) is 0.414. The standard InChI is InChI=1S/C29H29NO4S2/c1-17-4-3-5-22(8-17)30-26(31)25(36-28(30)35)13-18-6-7-23(24(12-18)33-2)34-27(32)29-14-19-9-20(15-29)11-21(10-19)16-29/h3-8,12-13,19-21H,9-11,14-16H2,1-2H3/b25-13+. The third-order valence-corrected chi connectivity index (χ3v) is 9.52. The van der Waals surface area contributed by atoms with E-state index in [0.29, 0.717) is 38.5 Å². The van der Waals surface area contributed by atoms with Gasteiger partial charge in [-0.15, -0.1) is 0 Å². The normalized spacial score (nSPS) is 29.8. The lowest BCUT2D eigenvalue weighted by atomic mass is 9.49. The van der Waals surface area contributed by atoms with Crippen LogP contribution >= 0.6 is 24.0 Å². The third-order valence-electron chi connectivity index (χ3n) is 8.21. The molecule has 186 valence electrons. The Kier molecular flexibility index (Phi) is 5.96. The number of hydrogen-bond acceptors (Lipinski definition) is 6. The van der Waals surface area contributed by atoms with Crippen molar-refractivity contribution in [2.75, 3.05) is 12.0 Å².